The van der Waals surface area contributed by atoms with Crippen molar-refractivity contribution in [3.63, 3.8) is 0 Å². The topological polar surface area (TPSA) is 152 Å². The zero-order valence-corrected chi connectivity index (χ0v) is 21.7. The SMILES string of the molecule is COc1cc(OC)c(/C=C/S(=O)(=O)Cc2ccc(OC)c(NC(=O)c3cc(N)cc(N)c3)c2)c(OC)c1. The number of hydrogen-bond acceptors (Lipinski definition) is 9. The van der Waals surface area contributed by atoms with Gasteiger partial charge < -0.3 is 35.7 Å². The van der Waals surface area contributed by atoms with Crippen LogP contribution in [-0.4, -0.2) is 42.8 Å². The van der Waals surface area contributed by atoms with Gasteiger partial charge in [0.25, 0.3) is 5.91 Å². The number of ether oxygens (including phenoxy) is 4. The molecular weight excluding hydrogens is 498 g/mol. The molecule has 196 valence electrons. The quantitative estimate of drug-likeness (QED) is 0.335. The van der Waals surface area contributed by atoms with Gasteiger partial charge in [-0.15, -0.1) is 0 Å². The zero-order valence-electron chi connectivity index (χ0n) is 20.9. The largest absolute Gasteiger partial charge is 0.496 e. The van der Waals surface area contributed by atoms with Crippen molar-refractivity contribution < 1.29 is 32.2 Å². The third kappa shape index (κ3) is 6.85. The number of hydrogen-bond donors (Lipinski definition) is 3. The van der Waals surface area contributed by atoms with Crippen molar-refractivity contribution in [3.05, 3.63) is 70.6 Å². The molecule has 0 aliphatic carbocycles. The highest BCUT2D eigenvalue weighted by molar-refractivity contribution is 7.93. The molecule has 0 radical (unpaired) electrons. The van der Waals surface area contributed by atoms with E-state index in [0.29, 0.717) is 51.2 Å². The number of amides is 1. The number of nitrogens with one attached hydrogen (secondary N) is 1. The standard InChI is InChI=1S/C26H29N3O7S/c1-33-20-13-24(35-3)21(25(14-20)36-4)7-8-37(31,32)15-16-5-6-23(34-2)22(9-16)29-26(30)17-10-18(27)12-19(28)11-17/h5-14H,15,27-28H2,1-4H3,(H,29,30)/b8-7+. The summed E-state index contributed by atoms with van der Waals surface area (Å²) in [6.45, 7) is 0. The Labute approximate surface area is 215 Å². The number of nitrogens with two attached hydrogens (primary N) is 2. The molecule has 0 bridgehead atoms. The molecule has 0 aliphatic heterocycles. The predicted octanol–water partition coefficient (Wildman–Crippen LogP) is 3.72. The first-order valence-electron chi connectivity index (χ1n) is 10.9. The molecule has 37 heavy (non-hydrogen) atoms. The summed E-state index contributed by atoms with van der Waals surface area (Å²) in [5.41, 5.74) is 13.7. The van der Waals surface area contributed by atoms with E-state index in [2.05, 4.69) is 5.32 Å². The van der Waals surface area contributed by atoms with E-state index < -0.39 is 15.7 Å². The van der Waals surface area contributed by atoms with Crippen molar-refractivity contribution in [1.82, 2.24) is 0 Å². The maximum absolute atomic E-state index is 12.9. The van der Waals surface area contributed by atoms with Gasteiger partial charge in [-0.2, -0.15) is 0 Å². The van der Waals surface area contributed by atoms with Crippen molar-refractivity contribution in [2.24, 2.45) is 0 Å². The summed E-state index contributed by atoms with van der Waals surface area (Å²) >= 11 is 0. The zero-order chi connectivity index (χ0) is 27.2. The number of sulfone groups is 1. The van der Waals surface area contributed by atoms with E-state index in [4.69, 9.17) is 30.4 Å². The molecule has 5 N–H and O–H groups in total. The van der Waals surface area contributed by atoms with Crippen molar-refractivity contribution in [3.8, 4) is 23.0 Å². The lowest BCUT2D eigenvalue weighted by molar-refractivity contribution is 0.102. The summed E-state index contributed by atoms with van der Waals surface area (Å²) in [6.07, 6.45) is 1.41. The molecule has 0 heterocycles. The number of anilines is 3. The fourth-order valence-electron chi connectivity index (χ4n) is 3.59. The first kappa shape index (κ1) is 27.2. The molecule has 3 aromatic rings. The third-order valence-electron chi connectivity index (χ3n) is 5.31. The van der Waals surface area contributed by atoms with Crippen LogP contribution in [0, 0.1) is 0 Å². The van der Waals surface area contributed by atoms with E-state index in [1.165, 1.54) is 58.8 Å². The van der Waals surface area contributed by atoms with Crippen LogP contribution < -0.4 is 35.7 Å². The van der Waals surface area contributed by atoms with Crippen LogP contribution in [0.1, 0.15) is 21.5 Å². The van der Waals surface area contributed by atoms with Gasteiger partial charge in [0, 0.05) is 34.5 Å². The fraction of sp³-hybridized carbons (Fsp3) is 0.192. The van der Waals surface area contributed by atoms with E-state index in [0.717, 1.165) is 5.41 Å². The van der Waals surface area contributed by atoms with Crippen LogP contribution in [0.25, 0.3) is 6.08 Å². The van der Waals surface area contributed by atoms with Crippen LogP contribution in [0.3, 0.4) is 0 Å². The molecule has 3 aromatic carbocycles. The summed E-state index contributed by atoms with van der Waals surface area (Å²) in [4.78, 5) is 12.8. The normalized spacial score (nSPS) is 11.2. The molecule has 3 rings (SSSR count). The molecule has 1 amide bonds. The lowest BCUT2D eigenvalue weighted by Crippen LogP contribution is -2.14. The molecule has 0 unspecified atom stereocenters. The summed E-state index contributed by atoms with van der Waals surface area (Å²) in [5, 5.41) is 3.81. The average Bonchev–Trinajstić information content (AvgIpc) is 2.86. The van der Waals surface area contributed by atoms with Crippen LogP contribution in [-0.2, 0) is 15.6 Å². The van der Waals surface area contributed by atoms with Crippen LogP contribution >= 0.6 is 0 Å². The predicted molar refractivity (Wildman–Crippen MR) is 144 cm³/mol. The Morgan fingerprint density at radius 2 is 1.43 bits per heavy atom. The summed E-state index contributed by atoms with van der Waals surface area (Å²) in [5.74, 6) is 0.828. The van der Waals surface area contributed by atoms with Crippen LogP contribution in [0.15, 0.2) is 53.9 Å². The van der Waals surface area contributed by atoms with E-state index in [1.54, 1.807) is 24.3 Å². The molecule has 10 nitrogen and oxygen atoms in total. The van der Waals surface area contributed by atoms with Gasteiger partial charge in [-0.05, 0) is 42.0 Å². The molecule has 0 atom stereocenters. The molecule has 0 aliphatic rings. The van der Waals surface area contributed by atoms with Gasteiger partial charge in [-0.3, -0.25) is 4.79 Å². The highest BCUT2D eigenvalue weighted by atomic mass is 32.2. The molecule has 0 fully saturated rings. The highest BCUT2D eigenvalue weighted by Gasteiger charge is 2.16. The minimum absolute atomic E-state index is 0.253. The molecule has 0 saturated heterocycles. The number of benzene rings is 3. The lowest BCUT2D eigenvalue weighted by Gasteiger charge is -2.13. The van der Waals surface area contributed by atoms with Crippen molar-refractivity contribution in [2.75, 3.05) is 45.2 Å². The molecule has 0 aromatic heterocycles. The molecule has 0 spiro atoms. The number of rotatable bonds is 10. The number of carbonyl (C=O) groups is 1. The highest BCUT2D eigenvalue weighted by Crippen LogP contribution is 2.35. The van der Waals surface area contributed by atoms with Gasteiger partial charge in [-0.25, -0.2) is 8.42 Å². The minimum atomic E-state index is -3.74. The minimum Gasteiger partial charge on any atom is -0.496 e. The summed E-state index contributed by atoms with van der Waals surface area (Å²) < 4.78 is 47.2. The van der Waals surface area contributed by atoms with Gasteiger partial charge in [0.05, 0.1) is 45.4 Å². The van der Waals surface area contributed by atoms with Gasteiger partial charge in [0.1, 0.15) is 23.0 Å². The van der Waals surface area contributed by atoms with Crippen molar-refractivity contribution in [1.29, 1.82) is 0 Å². The summed E-state index contributed by atoms with van der Waals surface area (Å²) in [7, 11) is 2.14. The maximum atomic E-state index is 12.9. The Hall–Kier alpha value is -4.38. The first-order chi connectivity index (χ1) is 17.6. The lowest BCUT2D eigenvalue weighted by atomic mass is 10.1. The number of nitrogen functional groups attached to an aromatic ring is 2. The van der Waals surface area contributed by atoms with Crippen molar-refractivity contribution >= 4 is 38.9 Å². The van der Waals surface area contributed by atoms with E-state index in [9.17, 15) is 13.2 Å². The maximum Gasteiger partial charge on any atom is 0.255 e. The van der Waals surface area contributed by atoms with Gasteiger partial charge in [0.15, 0.2) is 9.84 Å². The molecular formula is C26H29N3O7S. The second kappa shape index (κ2) is 11.6. The van der Waals surface area contributed by atoms with Crippen LogP contribution in [0.5, 0.6) is 23.0 Å². The van der Waals surface area contributed by atoms with Gasteiger partial charge in [-0.1, -0.05) is 6.07 Å². The smallest absolute Gasteiger partial charge is 0.255 e. The van der Waals surface area contributed by atoms with Crippen LogP contribution in [0.2, 0.25) is 0 Å². The molecule has 0 saturated carbocycles. The van der Waals surface area contributed by atoms with Gasteiger partial charge in [0.2, 0.25) is 0 Å². The van der Waals surface area contributed by atoms with E-state index in [-0.39, 0.29) is 11.3 Å². The third-order valence-corrected chi connectivity index (χ3v) is 6.60. The Kier molecular flexibility index (Phi) is 8.51. The monoisotopic (exact) mass is 527 g/mol. The van der Waals surface area contributed by atoms with E-state index >= 15 is 0 Å². The Morgan fingerprint density at radius 3 is 1.97 bits per heavy atom. The van der Waals surface area contributed by atoms with Crippen LogP contribution in [0.4, 0.5) is 17.1 Å². The van der Waals surface area contributed by atoms with Gasteiger partial charge >= 0.3 is 0 Å². The van der Waals surface area contributed by atoms with E-state index in [1.807, 2.05) is 0 Å². The summed E-state index contributed by atoms with van der Waals surface area (Å²) in [6, 6.07) is 12.5. The Balaban J connectivity index is 1.87. The average molecular weight is 528 g/mol. The second-order valence-corrected chi connectivity index (χ2v) is 9.82. The Morgan fingerprint density at radius 1 is 0.838 bits per heavy atom. The number of carbonyl (C=O) groups excluding carboxylic acids is 1. The second-order valence-electron chi connectivity index (χ2n) is 7.93. The van der Waals surface area contributed by atoms with Crippen molar-refractivity contribution in [2.45, 2.75) is 5.75 Å². The fourth-order valence-corrected chi connectivity index (χ4v) is 4.68. The molecule has 11 heteroatoms. The Bertz CT molecular complexity index is 1390. The number of methoxy groups -OCH3 is 4. The first-order valence-corrected chi connectivity index (χ1v) is 12.7.